The summed E-state index contributed by atoms with van der Waals surface area (Å²) in [5.41, 5.74) is 1.65. The first kappa shape index (κ1) is 15.6. The van der Waals surface area contributed by atoms with Gasteiger partial charge in [0.1, 0.15) is 12.4 Å². The lowest BCUT2D eigenvalue weighted by molar-refractivity contribution is -0.118. The van der Waals surface area contributed by atoms with Crippen molar-refractivity contribution in [1.29, 1.82) is 0 Å². The van der Waals surface area contributed by atoms with E-state index < -0.39 is 0 Å². The van der Waals surface area contributed by atoms with Gasteiger partial charge in [-0.15, -0.1) is 0 Å². The molecule has 0 bridgehead atoms. The smallest absolute Gasteiger partial charge is 0.224 e. The third-order valence-corrected chi connectivity index (χ3v) is 3.36. The van der Waals surface area contributed by atoms with Crippen LogP contribution >= 0.6 is 0 Å². The fraction of sp³-hybridized carbons (Fsp3) is 0.471. The summed E-state index contributed by atoms with van der Waals surface area (Å²) in [6.45, 7) is 7.66. The van der Waals surface area contributed by atoms with E-state index in [0.29, 0.717) is 37.0 Å². The van der Waals surface area contributed by atoms with Crippen molar-refractivity contribution in [3.05, 3.63) is 36.4 Å². The van der Waals surface area contributed by atoms with E-state index in [9.17, 15) is 4.79 Å². The lowest BCUT2D eigenvalue weighted by atomic mass is 9.98. The quantitative estimate of drug-likeness (QED) is 0.817. The number of anilines is 1. The Labute approximate surface area is 126 Å². The van der Waals surface area contributed by atoms with Gasteiger partial charge in [0.25, 0.3) is 0 Å². The second-order valence-corrected chi connectivity index (χ2v) is 5.58. The Bertz CT molecular complexity index is 493. The molecule has 1 N–H and O–H groups in total. The first-order valence-corrected chi connectivity index (χ1v) is 7.39. The van der Waals surface area contributed by atoms with Gasteiger partial charge >= 0.3 is 0 Å². The van der Waals surface area contributed by atoms with Gasteiger partial charge in [0.2, 0.25) is 5.91 Å². The highest BCUT2D eigenvalue weighted by molar-refractivity contribution is 5.92. The second-order valence-electron chi connectivity index (χ2n) is 5.58. The third-order valence-electron chi connectivity index (χ3n) is 3.36. The number of rotatable bonds is 6. The van der Waals surface area contributed by atoms with Crippen molar-refractivity contribution in [3.8, 4) is 5.75 Å². The number of ether oxygens (including phenoxy) is 2. The Hall–Kier alpha value is -1.81. The Morgan fingerprint density at radius 3 is 3.00 bits per heavy atom. The summed E-state index contributed by atoms with van der Waals surface area (Å²) in [4.78, 5) is 12.1. The van der Waals surface area contributed by atoms with Gasteiger partial charge in [0.15, 0.2) is 0 Å². The van der Waals surface area contributed by atoms with E-state index >= 15 is 0 Å². The first-order valence-electron chi connectivity index (χ1n) is 7.39. The molecule has 0 spiro atoms. The highest BCUT2D eigenvalue weighted by Crippen LogP contribution is 2.25. The summed E-state index contributed by atoms with van der Waals surface area (Å²) >= 11 is 0. The van der Waals surface area contributed by atoms with Gasteiger partial charge in [0.05, 0.1) is 5.69 Å². The van der Waals surface area contributed by atoms with Crippen LogP contribution in [-0.4, -0.2) is 25.7 Å². The lowest BCUT2D eigenvalue weighted by Gasteiger charge is -2.21. The lowest BCUT2D eigenvalue weighted by Crippen LogP contribution is -2.23. The normalized spacial score (nSPS) is 18.0. The van der Waals surface area contributed by atoms with E-state index in [4.69, 9.17) is 9.47 Å². The minimum absolute atomic E-state index is 0.0110. The van der Waals surface area contributed by atoms with Crippen LogP contribution in [-0.2, 0) is 9.53 Å². The van der Waals surface area contributed by atoms with Crippen molar-refractivity contribution in [3.63, 3.8) is 0 Å². The molecular weight excluding hydrogens is 266 g/mol. The number of carbonyl (C=O) groups excluding carboxylic acids is 1. The van der Waals surface area contributed by atoms with Crippen LogP contribution in [0.15, 0.2) is 36.4 Å². The van der Waals surface area contributed by atoms with Crippen molar-refractivity contribution >= 4 is 11.6 Å². The molecule has 1 aliphatic heterocycles. The number of hydrogen-bond acceptors (Lipinski definition) is 3. The maximum Gasteiger partial charge on any atom is 0.224 e. The molecule has 1 amide bonds. The fourth-order valence-electron chi connectivity index (χ4n) is 2.33. The third kappa shape index (κ3) is 5.23. The fourth-order valence-corrected chi connectivity index (χ4v) is 2.33. The van der Waals surface area contributed by atoms with Crippen molar-refractivity contribution in [2.24, 2.45) is 5.92 Å². The van der Waals surface area contributed by atoms with Crippen LogP contribution in [0.4, 0.5) is 5.69 Å². The second kappa shape index (κ2) is 7.84. The van der Waals surface area contributed by atoms with E-state index in [1.165, 1.54) is 0 Å². The van der Waals surface area contributed by atoms with Gasteiger partial charge in [-0.3, -0.25) is 4.79 Å². The van der Waals surface area contributed by atoms with Crippen molar-refractivity contribution < 1.29 is 14.3 Å². The average Bonchev–Trinajstić information content (AvgIpc) is 2.47. The Morgan fingerprint density at radius 1 is 1.48 bits per heavy atom. The summed E-state index contributed by atoms with van der Waals surface area (Å²) in [6, 6.07) is 7.47. The molecular formula is C17H23NO3. The molecule has 1 aromatic rings. The molecule has 1 atom stereocenters. The number of benzene rings is 1. The number of para-hydroxylation sites is 2. The predicted octanol–water partition coefficient (Wildman–Crippen LogP) is 3.40. The number of hydrogen-bond donors (Lipinski definition) is 1. The van der Waals surface area contributed by atoms with E-state index in [-0.39, 0.29) is 5.91 Å². The molecule has 1 saturated heterocycles. The molecule has 4 nitrogen and oxygen atoms in total. The molecule has 2 rings (SSSR count). The zero-order valence-corrected chi connectivity index (χ0v) is 12.6. The average molecular weight is 289 g/mol. The summed E-state index contributed by atoms with van der Waals surface area (Å²) < 4.78 is 11.1. The van der Waals surface area contributed by atoms with Gasteiger partial charge in [-0.2, -0.15) is 0 Å². The minimum atomic E-state index is 0.0110. The highest BCUT2D eigenvalue weighted by Gasteiger charge is 2.18. The van der Waals surface area contributed by atoms with E-state index in [2.05, 4.69) is 11.9 Å². The molecule has 114 valence electrons. The molecule has 4 heteroatoms. The van der Waals surface area contributed by atoms with Crippen LogP contribution in [0.3, 0.4) is 0 Å². The maximum absolute atomic E-state index is 12.1. The largest absolute Gasteiger partial charge is 0.487 e. The van der Waals surface area contributed by atoms with Crippen LogP contribution in [0, 0.1) is 5.92 Å². The molecule has 0 radical (unpaired) electrons. The van der Waals surface area contributed by atoms with Crippen molar-refractivity contribution in [1.82, 2.24) is 0 Å². The van der Waals surface area contributed by atoms with Gasteiger partial charge in [-0.1, -0.05) is 18.7 Å². The number of amides is 1. The summed E-state index contributed by atoms with van der Waals surface area (Å²) in [5, 5.41) is 2.93. The zero-order chi connectivity index (χ0) is 15.1. The molecule has 1 aromatic carbocycles. The molecule has 1 heterocycles. The molecule has 0 aromatic heterocycles. The zero-order valence-electron chi connectivity index (χ0n) is 12.6. The summed E-state index contributed by atoms with van der Waals surface area (Å²) in [5.74, 6) is 1.01. The van der Waals surface area contributed by atoms with Crippen LogP contribution < -0.4 is 10.1 Å². The van der Waals surface area contributed by atoms with E-state index in [0.717, 1.165) is 25.0 Å². The maximum atomic E-state index is 12.1. The Morgan fingerprint density at radius 2 is 2.29 bits per heavy atom. The monoisotopic (exact) mass is 289 g/mol. The minimum Gasteiger partial charge on any atom is -0.487 e. The number of carbonyl (C=O) groups is 1. The topological polar surface area (TPSA) is 47.6 Å². The molecule has 0 aliphatic carbocycles. The molecule has 0 saturated carbocycles. The van der Waals surface area contributed by atoms with Gasteiger partial charge in [0, 0.05) is 19.6 Å². The molecule has 21 heavy (non-hydrogen) atoms. The SMILES string of the molecule is C=C(C)COc1ccccc1NC(=O)CC1CCCOC1. The van der Waals surface area contributed by atoms with Gasteiger partial charge in [-0.05, 0) is 43.4 Å². The van der Waals surface area contributed by atoms with Crippen molar-refractivity contribution in [2.75, 3.05) is 25.1 Å². The van der Waals surface area contributed by atoms with Crippen LogP contribution in [0.25, 0.3) is 0 Å². The predicted molar refractivity (Wildman–Crippen MR) is 83.5 cm³/mol. The number of nitrogens with one attached hydrogen (secondary N) is 1. The highest BCUT2D eigenvalue weighted by atomic mass is 16.5. The van der Waals surface area contributed by atoms with Crippen LogP contribution in [0.2, 0.25) is 0 Å². The molecule has 1 fully saturated rings. The summed E-state index contributed by atoms with van der Waals surface area (Å²) in [7, 11) is 0. The van der Waals surface area contributed by atoms with E-state index in [1.807, 2.05) is 31.2 Å². The standard InChI is InChI=1S/C17H23NO3/c1-13(2)11-21-16-8-4-3-7-15(16)18-17(19)10-14-6-5-9-20-12-14/h3-4,7-8,14H,1,5-6,9-12H2,2H3,(H,18,19). The van der Waals surface area contributed by atoms with Gasteiger partial charge in [-0.25, -0.2) is 0 Å². The molecule has 1 aliphatic rings. The first-order chi connectivity index (χ1) is 10.1. The Kier molecular flexibility index (Phi) is 5.81. The van der Waals surface area contributed by atoms with E-state index in [1.54, 1.807) is 0 Å². The van der Waals surface area contributed by atoms with Crippen LogP contribution in [0.5, 0.6) is 5.75 Å². The Balaban J connectivity index is 1.91. The van der Waals surface area contributed by atoms with Gasteiger partial charge < -0.3 is 14.8 Å². The van der Waals surface area contributed by atoms with Crippen LogP contribution in [0.1, 0.15) is 26.2 Å². The molecule has 1 unspecified atom stereocenters. The summed E-state index contributed by atoms with van der Waals surface area (Å²) in [6.07, 6.45) is 2.59. The van der Waals surface area contributed by atoms with Crippen molar-refractivity contribution in [2.45, 2.75) is 26.2 Å².